The van der Waals surface area contributed by atoms with Crippen molar-refractivity contribution in [2.45, 2.75) is 13.5 Å². The summed E-state index contributed by atoms with van der Waals surface area (Å²) in [5.41, 5.74) is 3.21. The van der Waals surface area contributed by atoms with E-state index in [9.17, 15) is 4.79 Å². The molecule has 1 fully saturated rings. The molecule has 144 valence electrons. The third-order valence-corrected chi connectivity index (χ3v) is 5.07. The van der Waals surface area contributed by atoms with Gasteiger partial charge in [0.05, 0.1) is 13.2 Å². The zero-order valence-corrected chi connectivity index (χ0v) is 16.5. The molecule has 0 aromatic heterocycles. The smallest absolute Gasteiger partial charge is 0.260 e. The van der Waals surface area contributed by atoms with Crippen molar-refractivity contribution in [3.63, 3.8) is 0 Å². The molecule has 27 heavy (non-hydrogen) atoms. The van der Waals surface area contributed by atoms with Crippen LogP contribution in [-0.2, 0) is 16.1 Å². The minimum Gasteiger partial charge on any atom is -0.484 e. The predicted octanol–water partition coefficient (Wildman–Crippen LogP) is 3.52. The molecule has 0 N–H and O–H groups in total. The Kier molecular flexibility index (Phi) is 6.58. The Morgan fingerprint density at radius 1 is 1.19 bits per heavy atom. The van der Waals surface area contributed by atoms with Crippen molar-refractivity contribution in [2.75, 3.05) is 44.9 Å². The zero-order chi connectivity index (χ0) is 19.2. The third-order valence-electron chi connectivity index (χ3n) is 4.65. The Hall–Kier alpha value is -2.24. The Labute approximate surface area is 165 Å². The molecule has 6 heteroatoms. The van der Waals surface area contributed by atoms with Crippen LogP contribution in [0.25, 0.3) is 0 Å². The largest absolute Gasteiger partial charge is 0.484 e. The molecular weight excluding hydrogens is 364 g/mol. The van der Waals surface area contributed by atoms with Crippen molar-refractivity contribution in [2.24, 2.45) is 0 Å². The number of halogens is 1. The highest BCUT2D eigenvalue weighted by Crippen LogP contribution is 2.21. The van der Waals surface area contributed by atoms with Crippen molar-refractivity contribution in [1.29, 1.82) is 0 Å². The molecule has 0 saturated carbocycles. The molecule has 3 rings (SSSR count). The van der Waals surface area contributed by atoms with Crippen molar-refractivity contribution >= 4 is 23.2 Å². The van der Waals surface area contributed by atoms with Gasteiger partial charge in [0.15, 0.2) is 6.61 Å². The molecule has 1 amide bonds. The monoisotopic (exact) mass is 388 g/mol. The first-order valence-corrected chi connectivity index (χ1v) is 9.45. The number of likely N-dealkylation sites (N-methyl/N-ethyl adjacent to an activating group) is 1. The average Bonchev–Trinajstić information content (AvgIpc) is 2.70. The summed E-state index contributed by atoms with van der Waals surface area (Å²) in [7, 11) is 1.79. The molecule has 1 heterocycles. The van der Waals surface area contributed by atoms with Gasteiger partial charge in [0.25, 0.3) is 5.91 Å². The van der Waals surface area contributed by atoms with Gasteiger partial charge in [-0.2, -0.15) is 0 Å². The summed E-state index contributed by atoms with van der Waals surface area (Å²) < 4.78 is 11.0. The lowest BCUT2D eigenvalue weighted by atomic mass is 10.1. The number of ether oxygens (including phenoxy) is 2. The molecular formula is C21H25ClN2O3. The normalized spacial score (nSPS) is 14.1. The van der Waals surface area contributed by atoms with Gasteiger partial charge in [-0.25, -0.2) is 0 Å². The van der Waals surface area contributed by atoms with Crippen LogP contribution in [0, 0.1) is 6.92 Å². The first-order valence-electron chi connectivity index (χ1n) is 9.07. The molecule has 0 bridgehead atoms. The van der Waals surface area contributed by atoms with E-state index in [0.717, 1.165) is 37.4 Å². The van der Waals surface area contributed by atoms with Gasteiger partial charge in [-0.15, -0.1) is 0 Å². The number of aryl methyl sites for hydroxylation is 1. The van der Waals surface area contributed by atoms with E-state index < -0.39 is 0 Å². The maximum Gasteiger partial charge on any atom is 0.260 e. The molecule has 1 saturated heterocycles. The van der Waals surface area contributed by atoms with Crippen LogP contribution >= 0.6 is 11.6 Å². The third kappa shape index (κ3) is 5.37. The molecule has 0 aliphatic carbocycles. The molecule has 1 aliphatic heterocycles. The number of benzene rings is 2. The van der Waals surface area contributed by atoms with Crippen LogP contribution in [0.1, 0.15) is 11.1 Å². The minimum absolute atomic E-state index is 0.00341. The highest BCUT2D eigenvalue weighted by molar-refractivity contribution is 6.31. The first kappa shape index (κ1) is 19.5. The van der Waals surface area contributed by atoms with Gasteiger partial charge >= 0.3 is 0 Å². The fourth-order valence-electron chi connectivity index (χ4n) is 2.96. The lowest BCUT2D eigenvalue weighted by Gasteiger charge is -2.29. The number of anilines is 1. The summed E-state index contributed by atoms with van der Waals surface area (Å²) in [5, 5.41) is 0.686. The number of amides is 1. The SMILES string of the molecule is Cc1cc(OCC(=O)N(C)Cc2ccc(N3CCOCC3)cc2)ccc1Cl. The van der Waals surface area contributed by atoms with E-state index in [0.29, 0.717) is 17.3 Å². The van der Waals surface area contributed by atoms with Crippen molar-refractivity contribution in [3.05, 3.63) is 58.6 Å². The van der Waals surface area contributed by atoms with E-state index in [4.69, 9.17) is 21.1 Å². The lowest BCUT2D eigenvalue weighted by Crippen LogP contribution is -2.36. The molecule has 0 atom stereocenters. The Balaban J connectivity index is 1.50. The van der Waals surface area contributed by atoms with Crippen LogP contribution < -0.4 is 9.64 Å². The van der Waals surface area contributed by atoms with Gasteiger partial charge in [-0.3, -0.25) is 4.79 Å². The first-order chi connectivity index (χ1) is 13.0. The van der Waals surface area contributed by atoms with Gasteiger partial charge in [0.1, 0.15) is 5.75 Å². The summed E-state index contributed by atoms with van der Waals surface area (Å²) in [6.07, 6.45) is 0. The van der Waals surface area contributed by atoms with Crippen molar-refractivity contribution in [1.82, 2.24) is 4.90 Å². The van der Waals surface area contributed by atoms with Gasteiger partial charge in [-0.1, -0.05) is 23.7 Å². The number of hydrogen-bond donors (Lipinski definition) is 0. The van der Waals surface area contributed by atoms with E-state index in [1.165, 1.54) is 5.69 Å². The second-order valence-electron chi connectivity index (χ2n) is 6.72. The molecule has 2 aromatic carbocycles. The van der Waals surface area contributed by atoms with E-state index in [2.05, 4.69) is 29.2 Å². The molecule has 0 spiro atoms. The maximum absolute atomic E-state index is 12.3. The Morgan fingerprint density at radius 2 is 1.89 bits per heavy atom. The number of nitrogens with zero attached hydrogens (tertiary/aromatic N) is 2. The van der Waals surface area contributed by atoms with Crippen molar-refractivity contribution < 1.29 is 14.3 Å². The molecule has 2 aromatic rings. The summed E-state index contributed by atoms with van der Waals surface area (Å²) >= 11 is 6.00. The van der Waals surface area contributed by atoms with E-state index in [1.807, 2.05) is 13.0 Å². The maximum atomic E-state index is 12.3. The molecule has 1 aliphatic rings. The van der Waals surface area contributed by atoms with E-state index in [-0.39, 0.29) is 12.5 Å². The molecule has 0 unspecified atom stereocenters. The fourth-order valence-corrected chi connectivity index (χ4v) is 3.08. The summed E-state index contributed by atoms with van der Waals surface area (Å²) in [6.45, 7) is 5.83. The summed E-state index contributed by atoms with van der Waals surface area (Å²) in [5.74, 6) is 0.577. The second kappa shape index (κ2) is 9.11. The van der Waals surface area contributed by atoms with Gasteiger partial charge < -0.3 is 19.3 Å². The van der Waals surface area contributed by atoms with Crippen LogP contribution in [-0.4, -0.2) is 50.8 Å². The number of carbonyl (C=O) groups is 1. The topological polar surface area (TPSA) is 42.0 Å². The number of morpholine rings is 1. The molecule has 5 nitrogen and oxygen atoms in total. The minimum atomic E-state index is -0.0696. The quantitative estimate of drug-likeness (QED) is 0.759. The average molecular weight is 389 g/mol. The van der Waals surface area contributed by atoms with E-state index in [1.54, 1.807) is 24.1 Å². The number of hydrogen-bond acceptors (Lipinski definition) is 4. The van der Waals surface area contributed by atoms with E-state index >= 15 is 0 Å². The van der Waals surface area contributed by atoms with Crippen molar-refractivity contribution in [3.8, 4) is 5.75 Å². The lowest BCUT2D eigenvalue weighted by molar-refractivity contribution is -0.132. The van der Waals surface area contributed by atoms with Crippen LogP contribution in [0.4, 0.5) is 5.69 Å². The van der Waals surface area contributed by atoms with Gasteiger partial charge in [0.2, 0.25) is 0 Å². The van der Waals surface area contributed by atoms with Crippen LogP contribution in [0.15, 0.2) is 42.5 Å². The second-order valence-corrected chi connectivity index (χ2v) is 7.12. The molecule has 0 radical (unpaired) electrons. The summed E-state index contributed by atoms with van der Waals surface area (Å²) in [6, 6.07) is 13.7. The Bertz CT molecular complexity index is 773. The highest BCUT2D eigenvalue weighted by Gasteiger charge is 2.13. The fraction of sp³-hybridized carbons (Fsp3) is 0.381. The zero-order valence-electron chi connectivity index (χ0n) is 15.8. The van der Waals surface area contributed by atoms with Crippen LogP contribution in [0.3, 0.4) is 0 Å². The number of carbonyl (C=O) groups excluding carboxylic acids is 1. The predicted molar refractivity (Wildman–Crippen MR) is 108 cm³/mol. The standard InChI is InChI=1S/C21H25ClN2O3/c1-16-13-19(7-8-20(16)22)27-15-21(25)23(2)14-17-3-5-18(6-4-17)24-9-11-26-12-10-24/h3-8,13H,9-12,14-15H2,1-2H3. The van der Waals surface area contributed by atoms with Crippen LogP contribution in [0.5, 0.6) is 5.75 Å². The van der Waals surface area contributed by atoms with Crippen LogP contribution in [0.2, 0.25) is 5.02 Å². The Morgan fingerprint density at radius 3 is 2.56 bits per heavy atom. The van der Waals surface area contributed by atoms with Gasteiger partial charge in [0, 0.05) is 37.4 Å². The number of rotatable bonds is 6. The van der Waals surface area contributed by atoms with Gasteiger partial charge in [-0.05, 0) is 48.4 Å². The highest BCUT2D eigenvalue weighted by atomic mass is 35.5. The summed E-state index contributed by atoms with van der Waals surface area (Å²) in [4.78, 5) is 16.3.